The van der Waals surface area contributed by atoms with Gasteiger partial charge in [0.1, 0.15) is 5.56 Å². The lowest BCUT2D eigenvalue weighted by Gasteiger charge is -2.25. The highest BCUT2D eigenvalue weighted by atomic mass is 79.9. The molecule has 1 aromatic carbocycles. The van der Waals surface area contributed by atoms with E-state index in [1.54, 1.807) is 0 Å². The van der Waals surface area contributed by atoms with Crippen molar-refractivity contribution in [3.8, 4) is 0 Å². The molecular weight excluding hydrogens is 336 g/mol. The van der Waals surface area contributed by atoms with Gasteiger partial charge in [0, 0.05) is 28.7 Å². The summed E-state index contributed by atoms with van der Waals surface area (Å²) in [5.41, 5.74) is 1.57. The molecular formula is C15H15BrN2O3. The zero-order chi connectivity index (χ0) is 14.8. The summed E-state index contributed by atoms with van der Waals surface area (Å²) in [6.45, 7) is 1.36. The molecule has 0 aliphatic carbocycles. The highest BCUT2D eigenvalue weighted by Crippen LogP contribution is 2.30. The van der Waals surface area contributed by atoms with E-state index in [-0.39, 0.29) is 11.6 Å². The maximum Gasteiger partial charge on any atom is 0.339 e. The van der Waals surface area contributed by atoms with Crippen LogP contribution in [0.25, 0.3) is 10.9 Å². The number of benzene rings is 1. The predicted octanol–water partition coefficient (Wildman–Crippen LogP) is 3.29. The van der Waals surface area contributed by atoms with Crippen molar-refractivity contribution in [2.75, 3.05) is 18.5 Å². The number of hydrogen-bond acceptors (Lipinski definition) is 4. The van der Waals surface area contributed by atoms with E-state index >= 15 is 0 Å². The second-order valence-corrected chi connectivity index (χ2v) is 5.99. The molecule has 0 spiro atoms. The molecule has 110 valence electrons. The van der Waals surface area contributed by atoms with Crippen molar-refractivity contribution in [3.05, 3.63) is 34.4 Å². The Morgan fingerprint density at radius 3 is 3.05 bits per heavy atom. The van der Waals surface area contributed by atoms with Gasteiger partial charge in [-0.25, -0.2) is 4.79 Å². The first-order valence-electron chi connectivity index (χ1n) is 6.81. The largest absolute Gasteiger partial charge is 0.478 e. The van der Waals surface area contributed by atoms with Crippen molar-refractivity contribution in [1.29, 1.82) is 0 Å². The van der Waals surface area contributed by atoms with Gasteiger partial charge >= 0.3 is 5.97 Å². The van der Waals surface area contributed by atoms with Crippen LogP contribution in [0.4, 0.5) is 5.69 Å². The SMILES string of the molecule is O=C(O)c1cnc2ccc(Br)cc2c1NC1CCCOC1. The van der Waals surface area contributed by atoms with Crippen LogP contribution in [0.5, 0.6) is 0 Å². The smallest absolute Gasteiger partial charge is 0.339 e. The minimum absolute atomic E-state index is 0.126. The van der Waals surface area contributed by atoms with Gasteiger partial charge in [0.15, 0.2) is 0 Å². The monoisotopic (exact) mass is 350 g/mol. The van der Waals surface area contributed by atoms with Gasteiger partial charge in [-0.15, -0.1) is 0 Å². The lowest BCUT2D eigenvalue weighted by Crippen LogP contribution is -2.30. The highest BCUT2D eigenvalue weighted by molar-refractivity contribution is 9.10. The van der Waals surface area contributed by atoms with Crippen LogP contribution in [0.15, 0.2) is 28.9 Å². The van der Waals surface area contributed by atoms with E-state index in [4.69, 9.17) is 4.74 Å². The average molecular weight is 351 g/mol. The topological polar surface area (TPSA) is 71.5 Å². The zero-order valence-corrected chi connectivity index (χ0v) is 12.9. The third kappa shape index (κ3) is 3.01. The number of fused-ring (bicyclic) bond motifs is 1. The number of pyridine rings is 1. The molecule has 2 N–H and O–H groups in total. The Hall–Kier alpha value is -1.66. The van der Waals surface area contributed by atoms with E-state index in [1.165, 1.54) is 6.20 Å². The number of rotatable bonds is 3. The Morgan fingerprint density at radius 2 is 2.33 bits per heavy atom. The van der Waals surface area contributed by atoms with Crippen molar-refractivity contribution in [2.45, 2.75) is 18.9 Å². The molecule has 0 amide bonds. The standard InChI is InChI=1S/C15H15BrN2O3/c16-9-3-4-13-11(6-9)14(12(7-17-13)15(19)20)18-10-2-1-5-21-8-10/h3-4,6-7,10H,1-2,5,8H2,(H,17,18)(H,19,20). The molecule has 0 bridgehead atoms. The predicted molar refractivity (Wildman–Crippen MR) is 83.9 cm³/mol. The lowest BCUT2D eigenvalue weighted by atomic mass is 10.1. The van der Waals surface area contributed by atoms with Gasteiger partial charge in [0.25, 0.3) is 0 Å². The van der Waals surface area contributed by atoms with Crippen molar-refractivity contribution < 1.29 is 14.6 Å². The van der Waals surface area contributed by atoms with E-state index in [0.29, 0.717) is 12.3 Å². The van der Waals surface area contributed by atoms with Crippen LogP contribution in [0.2, 0.25) is 0 Å². The molecule has 1 atom stereocenters. The number of hydrogen-bond donors (Lipinski definition) is 2. The van der Waals surface area contributed by atoms with Crippen LogP contribution in [0.3, 0.4) is 0 Å². The summed E-state index contributed by atoms with van der Waals surface area (Å²) in [5.74, 6) is -0.983. The molecule has 1 aromatic heterocycles. The summed E-state index contributed by atoms with van der Waals surface area (Å²) in [6, 6.07) is 5.78. The number of halogens is 1. The van der Waals surface area contributed by atoms with Crippen LogP contribution in [0.1, 0.15) is 23.2 Å². The van der Waals surface area contributed by atoms with Crippen LogP contribution in [-0.2, 0) is 4.74 Å². The van der Waals surface area contributed by atoms with Crippen LogP contribution in [0, 0.1) is 0 Å². The molecule has 1 aliphatic rings. The summed E-state index contributed by atoms with van der Waals surface area (Å²) in [6.07, 6.45) is 3.36. The number of carboxylic acids is 1. The van der Waals surface area contributed by atoms with E-state index in [9.17, 15) is 9.90 Å². The summed E-state index contributed by atoms with van der Waals surface area (Å²) in [5, 5.41) is 13.5. The molecule has 6 heteroatoms. The minimum atomic E-state index is -0.983. The number of nitrogens with zero attached hydrogens (tertiary/aromatic N) is 1. The Kier molecular flexibility index (Phi) is 4.07. The molecule has 3 rings (SSSR count). The van der Waals surface area contributed by atoms with Gasteiger partial charge < -0.3 is 15.2 Å². The van der Waals surface area contributed by atoms with E-state index in [0.717, 1.165) is 34.8 Å². The number of anilines is 1. The maximum absolute atomic E-state index is 11.5. The minimum Gasteiger partial charge on any atom is -0.478 e. The van der Waals surface area contributed by atoms with Crippen molar-refractivity contribution >= 4 is 38.5 Å². The van der Waals surface area contributed by atoms with E-state index < -0.39 is 5.97 Å². The van der Waals surface area contributed by atoms with Gasteiger partial charge in [-0.05, 0) is 31.0 Å². The first-order valence-corrected chi connectivity index (χ1v) is 7.60. The van der Waals surface area contributed by atoms with Gasteiger partial charge in [0.05, 0.1) is 17.8 Å². The zero-order valence-electron chi connectivity index (χ0n) is 11.3. The Labute approximate surface area is 130 Å². The molecule has 1 fully saturated rings. The molecule has 0 saturated carbocycles. The van der Waals surface area contributed by atoms with Crippen LogP contribution >= 0.6 is 15.9 Å². The second kappa shape index (κ2) is 5.99. The quantitative estimate of drug-likeness (QED) is 0.888. The number of ether oxygens (including phenoxy) is 1. The maximum atomic E-state index is 11.5. The van der Waals surface area contributed by atoms with Crippen molar-refractivity contribution in [1.82, 2.24) is 4.98 Å². The Bertz CT molecular complexity index is 684. The summed E-state index contributed by atoms with van der Waals surface area (Å²) in [7, 11) is 0. The Balaban J connectivity index is 2.08. The fraction of sp³-hybridized carbons (Fsp3) is 0.333. The molecule has 1 aliphatic heterocycles. The molecule has 5 nitrogen and oxygen atoms in total. The number of carboxylic acid groups (broad SMARTS) is 1. The number of aromatic carboxylic acids is 1. The van der Waals surface area contributed by atoms with Gasteiger partial charge in [-0.1, -0.05) is 15.9 Å². The van der Waals surface area contributed by atoms with E-state index in [2.05, 4.69) is 26.2 Å². The molecule has 2 aromatic rings. The first-order chi connectivity index (χ1) is 10.1. The summed E-state index contributed by atoms with van der Waals surface area (Å²) in [4.78, 5) is 15.7. The number of nitrogens with one attached hydrogen (secondary N) is 1. The van der Waals surface area contributed by atoms with Gasteiger partial charge in [0.2, 0.25) is 0 Å². The second-order valence-electron chi connectivity index (χ2n) is 5.07. The fourth-order valence-corrected chi connectivity index (χ4v) is 2.90. The fourth-order valence-electron chi connectivity index (χ4n) is 2.54. The summed E-state index contributed by atoms with van der Waals surface area (Å²) < 4.78 is 6.35. The van der Waals surface area contributed by atoms with Gasteiger partial charge in [-0.2, -0.15) is 0 Å². The first kappa shape index (κ1) is 14.3. The van der Waals surface area contributed by atoms with Crippen molar-refractivity contribution in [3.63, 3.8) is 0 Å². The van der Waals surface area contributed by atoms with Crippen molar-refractivity contribution in [2.24, 2.45) is 0 Å². The number of carbonyl (C=O) groups is 1. The molecule has 1 saturated heterocycles. The molecule has 0 radical (unpaired) electrons. The molecule has 2 heterocycles. The molecule has 1 unspecified atom stereocenters. The van der Waals surface area contributed by atoms with Gasteiger partial charge in [-0.3, -0.25) is 4.98 Å². The normalized spacial score (nSPS) is 18.6. The van der Waals surface area contributed by atoms with Crippen LogP contribution in [-0.4, -0.2) is 35.3 Å². The van der Waals surface area contributed by atoms with Crippen LogP contribution < -0.4 is 5.32 Å². The Morgan fingerprint density at radius 1 is 1.48 bits per heavy atom. The summed E-state index contributed by atoms with van der Waals surface area (Å²) >= 11 is 3.43. The third-order valence-corrected chi connectivity index (χ3v) is 4.06. The van der Waals surface area contributed by atoms with E-state index in [1.807, 2.05) is 18.2 Å². The number of aromatic nitrogens is 1. The lowest BCUT2D eigenvalue weighted by molar-refractivity contribution is 0.0696. The third-order valence-electron chi connectivity index (χ3n) is 3.57. The highest BCUT2D eigenvalue weighted by Gasteiger charge is 2.20. The molecule has 21 heavy (non-hydrogen) atoms. The average Bonchev–Trinajstić information content (AvgIpc) is 2.48.